The summed E-state index contributed by atoms with van der Waals surface area (Å²) in [5.74, 6) is -1.85. The van der Waals surface area contributed by atoms with E-state index in [4.69, 9.17) is 11.6 Å². The highest BCUT2D eigenvalue weighted by Crippen LogP contribution is 2.33. The number of aryl methyl sites for hydroxylation is 1. The summed E-state index contributed by atoms with van der Waals surface area (Å²) in [6, 6.07) is 9.37. The van der Waals surface area contributed by atoms with Crippen LogP contribution in [0.15, 0.2) is 42.5 Å². The number of rotatable bonds is 3. The minimum atomic E-state index is -4.45. The van der Waals surface area contributed by atoms with Crippen LogP contribution in [-0.2, 0) is 15.8 Å². The molecule has 0 bridgehead atoms. The Morgan fingerprint density at radius 3 is 2.48 bits per heavy atom. The molecule has 1 unspecified atom stereocenters. The van der Waals surface area contributed by atoms with Crippen molar-refractivity contribution in [3.63, 3.8) is 0 Å². The molecule has 1 aliphatic heterocycles. The topological polar surface area (TPSA) is 49.4 Å². The van der Waals surface area contributed by atoms with E-state index in [2.05, 4.69) is 5.32 Å². The quantitative estimate of drug-likeness (QED) is 0.767. The van der Waals surface area contributed by atoms with E-state index in [0.29, 0.717) is 23.7 Å². The number of carbonyl (C=O) groups is 2. The van der Waals surface area contributed by atoms with Crippen molar-refractivity contribution in [3.05, 3.63) is 58.6 Å². The van der Waals surface area contributed by atoms with E-state index in [1.165, 1.54) is 4.90 Å². The molecular formula is C19H16ClF3N2O2. The summed E-state index contributed by atoms with van der Waals surface area (Å²) >= 11 is 6.16. The van der Waals surface area contributed by atoms with E-state index >= 15 is 0 Å². The molecule has 1 atom stereocenters. The van der Waals surface area contributed by atoms with Gasteiger partial charge in [0.25, 0.3) is 0 Å². The molecule has 0 saturated carbocycles. The molecule has 2 aromatic rings. The minimum absolute atomic E-state index is 0.202. The summed E-state index contributed by atoms with van der Waals surface area (Å²) in [6.07, 6.45) is -4.15. The van der Waals surface area contributed by atoms with E-state index in [0.717, 1.165) is 29.8 Å². The van der Waals surface area contributed by atoms with Gasteiger partial charge in [-0.25, -0.2) is 0 Å². The van der Waals surface area contributed by atoms with E-state index in [9.17, 15) is 22.8 Å². The monoisotopic (exact) mass is 396 g/mol. The second-order valence-electron chi connectivity index (χ2n) is 6.35. The zero-order valence-corrected chi connectivity index (χ0v) is 15.1. The van der Waals surface area contributed by atoms with Crippen molar-refractivity contribution in [2.45, 2.75) is 19.5 Å². The molecule has 0 radical (unpaired) electrons. The molecule has 1 N–H and O–H groups in total. The van der Waals surface area contributed by atoms with Crippen LogP contribution in [0, 0.1) is 12.8 Å². The van der Waals surface area contributed by atoms with Gasteiger partial charge in [-0.3, -0.25) is 9.59 Å². The van der Waals surface area contributed by atoms with Crippen LogP contribution >= 0.6 is 11.6 Å². The van der Waals surface area contributed by atoms with Crippen LogP contribution in [-0.4, -0.2) is 18.4 Å². The molecule has 0 spiro atoms. The lowest BCUT2D eigenvalue weighted by molar-refractivity contribution is -0.137. The molecule has 3 rings (SSSR count). The zero-order valence-electron chi connectivity index (χ0n) is 14.3. The maximum absolute atomic E-state index is 12.6. The van der Waals surface area contributed by atoms with E-state index in [1.54, 1.807) is 12.1 Å². The van der Waals surface area contributed by atoms with Gasteiger partial charge in [0.1, 0.15) is 5.92 Å². The van der Waals surface area contributed by atoms with Crippen LogP contribution in [0.2, 0.25) is 5.02 Å². The van der Waals surface area contributed by atoms with Crippen LogP contribution in [0.3, 0.4) is 0 Å². The van der Waals surface area contributed by atoms with E-state index in [1.807, 2.05) is 13.0 Å². The highest BCUT2D eigenvalue weighted by atomic mass is 35.5. The lowest BCUT2D eigenvalue weighted by Crippen LogP contribution is -2.33. The fraction of sp³-hybridized carbons (Fsp3) is 0.263. The molecule has 0 aliphatic carbocycles. The number of anilines is 2. The fourth-order valence-corrected chi connectivity index (χ4v) is 3.18. The van der Waals surface area contributed by atoms with Crippen molar-refractivity contribution in [3.8, 4) is 0 Å². The third-order valence-corrected chi connectivity index (χ3v) is 4.71. The Morgan fingerprint density at radius 1 is 1.19 bits per heavy atom. The zero-order chi connectivity index (χ0) is 19.8. The van der Waals surface area contributed by atoms with Gasteiger partial charge in [0.15, 0.2) is 0 Å². The molecular weight excluding hydrogens is 381 g/mol. The van der Waals surface area contributed by atoms with Gasteiger partial charge in [-0.2, -0.15) is 13.2 Å². The molecule has 27 heavy (non-hydrogen) atoms. The third-order valence-electron chi connectivity index (χ3n) is 4.39. The molecule has 0 aromatic heterocycles. The van der Waals surface area contributed by atoms with Crippen LogP contribution in [0.1, 0.15) is 17.5 Å². The molecule has 2 amide bonds. The summed E-state index contributed by atoms with van der Waals surface area (Å²) < 4.78 is 37.8. The average molecular weight is 397 g/mol. The molecule has 1 saturated heterocycles. The summed E-state index contributed by atoms with van der Waals surface area (Å²) in [7, 11) is 0. The number of amides is 2. The number of benzene rings is 2. The molecule has 1 heterocycles. The van der Waals surface area contributed by atoms with Crippen LogP contribution in [0.5, 0.6) is 0 Å². The predicted octanol–water partition coefficient (Wildman–Crippen LogP) is 4.66. The lowest BCUT2D eigenvalue weighted by Gasteiger charge is -2.19. The van der Waals surface area contributed by atoms with Crippen LogP contribution < -0.4 is 10.2 Å². The Bertz CT molecular complexity index is 882. The van der Waals surface area contributed by atoms with E-state index < -0.39 is 23.6 Å². The van der Waals surface area contributed by atoms with Gasteiger partial charge in [0.2, 0.25) is 11.8 Å². The molecule has 4 nitrogen and oxygen atoms in total. The Balaban J connectivity index is 1.71. The summed E-state index contributed by atoms with van der Waals surface area (Å²) in [5.41, 5.74) is 0.872. The average Bonchev–Trinajstić information content (AvgIpc) is 2.98. The lowest BCUT2D eigenvalue weighted by atomic mass is 10.1. The molecule has 2 aromatic carbocycles. The number of carbonyl (C=O) groups excluding carboxylic acids is 2. The second-order valence-corrected chi connectivity index (χ2v) is 6.76. The SMILES string of the molecule is Cc1ccc(Cl)c(N2CCC(C(=O)Nc3ccc(C(F)(F)F)cc3)C2=O)c1. The predicted molar refractivity (Wildman–Crippen MR) is 96.7 cm³/mol. The van der Waals surface area contributed by atoms with Crippen molar-refractivity contribution in [1.82, 2.24) is 0 Å². The number of nitrogens with one attached hydrogen (secondary N) is 1. The Labute approximate surface area is 158 Å². The molecule has 8 heteroatoms. The number of hydrogen-bond donors (Lipinski definition) is 1. The highest BCUT2D eigenvalue weighted by Gasteiger charge is 2.38. The number of halogens is 4. The standard InChI is InChI=1S/C19H16ClF3N2O2/c1-11-2-7-15(20)16(10-11)25-9-8-14(18(25)27)17(26)24-13-5-3-12(4-6-13)19(21,22)23/h2-7,10,14H,8-9H2,1H3,(H,24,26). The maximum Gasteiger partial charge on any atom is 0.416 e. The largest absolute Gasteiger partial charge is 0.416 e. The first-order chi connectivity index (χ1) is 12.7. The van der Waals surface area contributed by atoms with Crippen LogP contribution in [0.25, 0.3) is 0 Å². The minimum Gasteiger partial charge on any atom is -0.325 e. The summed E-state index contributed by atoms with van der Waals surface area (Å²) in [4.78, 5) is 26.5. The van der Waals surface area contributed by atoms with Crippen molar-refractivity contribution in [1.29, 1.82) is 0 Å². The van der Waals surface area contributed by atoms with Gasteiger partial charge < -0.3 is 10.2 Å². The van der Waals surface area contributed by atoms with Gasteiger partial charge in [-0.05, 0) is 55.3 Å². The van der Waals surface area contributed by atoms with Crippen molar-refractivity contribution >= 4 is 34.8 Å². The Morgan fingerprint density at radius 2 is 1.85 bits per heavy atom. The number of hydrogen-bond acceptors (Lipinski definition) is 2. The van der Waals surface area contributed by atoms with Gasteiger partial charge in [-0.1, -0.05) is 17.7 Å². The molecule has 142 valence electrons. The first kappa shape index (κ1) is 19.2. The molecule has 1 fully saturated rings. The smallest absolute Gasteiger partial charge is 0.325 e. The first-order valence-corrected chi connectivity index (χ1v) is 8.60. The van der Waals surface area contributed by atoms with Gasteiger partial charge in [-0.15, -0.1) is 0 Å². The van der Waals surface area contributed by atoms with Crippen molar-refractivity contribution in [2.75, 3.05) is 16.8 Å². The molecule has 1 aliphatic rings. The third kappa shape index (κ3) is 4.08. The van der Waals surface area contributed by atoms with Crippen LogP contribution in [0.4, 0.5) is 24.5 Å². The normalized spacial score (nSPS) is 17.3. The second kappa shape index (κ2) is 7.23. The summed E-state index contributed by atoms with van der Waals surface area (Å²) in [6.45, 7) is 2.21. The number of nitrogens with zero attached hydrogens (tertiary/aromatic N) is 1. The van der Waals surface area contributed by atoms with Crippen molar-refractivity contribution in [2.24, 2.45) is 5.92 Å². The van der Waals surface area contributed by atoms with Gasteiger partial charge in [0, 0.05) is 12.2 Å². The van der Waals surface area contributed by atoms with Gasteiger partial charge in [0.05, 0.1) is 16.3 Å². The Kier molecular flexibility index (Phi) is 5.15. The van der Waals surface area contributed by atoms with Gasteiger partial charge >= 0.3 is 6.18 Å². The summed E-state index contributed by atoms with van der Waals surface area (Å²) in [5, 5.41) is 2.92. The maximum atomic E-state index is 12.6. The Hall–Kier alpha value is -2.54. The van der Waals surface area contributed by atoms with E-state index in [-0.39, 0.29) is 11.6 Å². The number of alkyl halides is 3. The fourth-order valence-electron chi connectivity index (χ4n) is 2.96. The highest BCUT2D eigenvalue weighted by molar-refractivity contribution is 6.34. The first-order valence-electron chi connectivity index (χ1n) is 8.22. The van der Waals surface area contributed by atoms with Crippen molar-refractivity contribution < 1.29 is 22.8 Å².